The molecule has 0 saturated carbocycles. The first-order chi connectivity index (χ1) is 13.1. The number of hydrogen-bond donors (Lipinski definition) is 0. The SMILES string of the molecule is CC(=O)C(N=Nc1ccc(S(C)(=O)=O)cc1[N+](=O)[O-])C(=O)Cc1ccccc1. The van der Waals surface area contributed by atoms with Crippen molar-refractivity contribution in [2.45, 2.75) is 24.3 Å². The standard InChI is InChI=1S/C18H17N3O6S/c1-12(22)18(17(23)10-13-6-4-3-5-7-13)20-19-15-9-8-14(28(2,26)27)11-16(15)21(24)25/h3-9,11,18H,10H2,1-2H3. The van der Waals surface area contributed by atoms with Gasteiger partial charge < -0.3 is 0 Å². The molecule has 0 aliphatic carbocycles. The van der Waals surface area contributed by atoms with Crippen molar-refractivity contribution < 1.29 is 22.9 Å². The average molecular weight is 403 g/mol. The van der Waals surface area contributed by atoms with E-state index in [4.69, 9.17) is 0 Å². The average Bonchev–Trinajstić information content (AvgIpc) is 2.61. The van der Waals surface area contributed by atoms with E-state index in [0.29, 0.717) is 5.56 Å². The molecule has 10 heteroatoms. The summed E-state index contributed by atoms with van der Waals surface area (Å²) in [4.78, 5) is 34.4. The number of carbonyl (C=O) groups is 2. The molecule has 1 unspecified atom stereocenters. The van der Waals surface area contributed by atoms with E-state index in [0.717, 1.165) is 24.5 Å². The lowest BCUT2D eigenvalue weighted by Crippen LogP contribution is -2.27. The molecule has 146 valence electrons. The van der Waals surface area contributed by atoms with Gasteiger partial charge in [-0.05, 0) is 24.6 Å². The lowest BCUT2D eigenvalue weighted by molar-refractivity contribution is -0.384. The highest BCUT2D eigenvalue weighted by atomic mass is 32.2. The highest BCUT2D eigenvalue weighted by molar-refractivity contribution is 7.90. The molecule has 0 N–H and O–H groups in total. The molecule has 9 nitrogen and oxygen atoms in total. The monoisotopic (exact) mass is 403 g/mol. The third-order valence-corrected chi connectivity index (χ3v) is 4.87. The molecule has 0 aromatic heterocycles. The van der Waals surface area contributed by atoms with Crippen LogP contribution in [0.2, 0.25) is 0 Å². The lowest BCUT2D eigenvalue weighted by Gasteiger charge is -2.07. The van der Waals surface area contributed by atoms with Gasteiger partial charge in [-0.25, -0.2) is 8.42 Å². The van der Waals surface area contributed by atoms with Gasteiger partial charge in [0, 0.05) is 18.7 Å². The van der Waals surface area contributed by atoms with Crippen molar-refractivity contribution in [2.75, 3.05) is 6.26 Å². The Morgan fingerprint density at radius 2 is 1.79 bits per heavy atom. The molecule has 2 rings (SSSR count). The number of nitro groups is 1. The number of nitrogens with zero attached hydrogens (tertiary/aromatic N) is 3. The maximum Gasteiger partial charge on any atom is 0.298 e. The predicted molar refractivity (Wildman–Crippen MR) is 100 cm³/mol. The summed E-state index contributed by atoms with van der Waals surface area (Å²) in [6, 6.07) is 10.4. The van der Waals surface area contributed by atoms with Crippen molar-refractivity contribution in [3.8, 4) is 0 Å². The minimum atomic E-state index is -3.65. The van der Waals surface area contributed by atoms with Crippen LogP contribution in [0, 0.1) is 10.1 Å². The van der Waals surface area contributed by atoms with Crippen molar-refractivity contribution in [3.63, 3.8) is 0 Å². The van der Waals surface area contributed by atoms with Crippen LogP contribution in [0.4, 0.5) is 11.4 Å². The first-order valence-corrected chi connectivity index (χ1v) is 9.95. The fourth-order valence-electron chi connectivity index (χ4n) is 2.35. The molecule has 0 fully saturated rings. The molecular weight excluding hydrogens is 386 g/mol. The summed E-state index contributed by atoms with van der Waals surface area (Å²) in [6.07, 6.45) is 0.875. The number of azo groups is 1. The Morgan fingerprint density at radius 3 is 2.32 bits per heavy atom. The number of rotatable bonds is 8. The first-order valence-electron chi connectivity index (χ1n) is 8.06. The first kappa shape index (κ1) is 21.0. The molecule has 0 spiro atoms. The number of sulfone groups is 1. The molecule has 0 heterocycles. The molecule has 0 bridgehead atoms. The van der Waals surface area contributed by atoms with Gasteiger partial charge in [0.05, 0.1) is 9.82 Å². The molecule has 0 radical (unpaired) electrons. The Morgan fingerprint density at radius 1 is 1.14 bits per heavy atom. The second kappa shape index (κ2) is 8.61. The van der Waals surface area contributed by atoms with Crippen LogP contribution in [0.15, 0.2) is 63.7 Å². The molecule has 0 amide bonds. The summed E-state index contributed by atoms with van der Waals surface area (Å²) >= 11 is 0. The molecule has 2 aromatic carbocycles. The Kier molecular flexibility index (Phi) is 6.47. The van der Waals surface area contributed by atoms with Crippen molar-refractivity contribution >= 4 is 32.8 Å². The van der Waals surface area contributed by atoms with Crippen LogP contribution in [0.5, 0.6) is 0 Å². The summed E-state index contributed by atoms with van der Waals surface area (Å²) in [5.41, 5.74) is -0.155. The normalized spacial score (nSPS) is 12.6. The van der Waals surface area contributed by atoms with Crippen molar-refractivity contribution in [1.82, 2.24) is 0 Å². The largest absolute Gasteiger partial charge is 0.298 e. The summed E-state index contributed by atoms with van der Waals surface area (Å²) in [6.45, 7) is 1.17. The van der Waals surface area contributed by atoms with Gasteiger partial charge in [-0.1, -0.05) is 30.3 Å². The van der Waals surface area contributed by atoms with E-state index in [9.17, 15) is 28.1 Å². The summed E-state index contributed by atoms with van der Waals surface area (Å²) in [5.74, 6) is -1.06. The molecule has 28 heavy (non-hydrogen) atoms. The molecular formula is C18H17N3O6S. The zero-order valence-electron chi connectivity index (χ0n) is 15.1. The van der Waals surface area contributed by atoms with Crippen molar-refractivity contribution in [1.29, 1.82) is 0 Å². The van der Waals surface area contributed by atoms with Gasteiger partial charge in [0.25, 0.3) is 5.69 Å². The Bertz CT molecular complexity index is 1050. The van der Waals surface area contributed by atoms with E-state index in [1.54, 1.807) is 30.3 Å². The van der Waals surface area contributed by atoms with Gasteiger partial charge in [-0.15, -0.1) is 5.11 Å². The van der Waals surface area contributed by atoms with Crippen molar-refractivity contribution in [2.24, 2.45) is 10.2 Å². The number of carbonyl (C=O) groups excluding carboxylic acids is 2. The van der Waals surface area contributed by atoms with Gasteiger partial charge >= 0.3 is 0 Å². The van der Waals surface area contributed by atoms with Gasteiger partial charge in [0.2, 0.25) is 0 Å². The van der Waals surface area contributed by atoms with E-state index in [2.05, 4.69) is 10.2 Å². The highest BCUT2D eigenvalue weighted by Gasteiger charge is 2.24. The van der Waals surface area contributed by atoms with Crippen LogP contribution in [-0.2, 0) is 25.8 Å². The Hall–Kier alpha value is -3.27. The second-order valence-corrected chi connectivity index (χ2v) is 8.05. The van der Waals surface area contributed by atoms with Gasteiger partial charge in [-0.3, -0.25) is 19.7 Å². The van der Waals surface area contributed by atoms with E-state index in [1.807, 2.05) is 0 Å². The minimum absolute atomic E-state index is 0.0424. The van der Waals surface area contributed by atoms with E-state index >= 15 is 0 Å². The Labute approximate surface area is 161 Å². The molecule has 2 aromatic rings. The van der Waals surface area contributed by atoms with Crippen LogP contribution in [0.25, 0.3) is 0 Å². The number of ketones is 2. The number of hydrogen-bond acceptors (Lipinski definition) is 8. The van der Waals surface area contributed by atoms with Gasteiger partial charge in [0.15, 0.2) is 33.1 Å². The van der Waals surface area contributed by atoms with Crippen molar-refractivity contribution in [3.05, 3.63) is 64.2 Å². The van der Waals surface area contributed by atoms with Gasteiger partial charge in [-0.2, -0.15) is 5.11 Å². The van der Waals surface area contributed by atoms with E-state index in [1.165, 1.54) is 6.92 Å². The third-order valence-electron chi connectivity index (χ3n) is 3.76. The zero-order chi connectivity index (χ0) is 20.9. The summed E-state index contributed by atoms with van der Waals surface area (Å²) in [7, 11) is -3.65. The topological polar surface area (TPSA) is 136 Å². The van der Waals surface area contributed by atoms with Gasteiger partial charge in [0.1, 0.15) is 0 Å². The third kappa shape index (κ3) is 5.36. The fourth-order valence-corrected chi connectivity index (χ4v) is 2.99. The predicted octanol–water partition coefficient (Wildman–Crippen LogP) is 2.85. The Balaban J connectivity index is 2.33. The quantitative estimate of drug-likeness (QED) is 0.288. The highest BCUT2D eigenvalue weighted by Crippen LogP contribution is 2.30. The second-order valence-electron chi connectivity index (χ2n) is 6.04. The fraction of sp³-hybridized carbons (Fsp3) is 0.222. The molecule has 0 aliphatic rings. The maximum atomic E-state index is 12.4. The minimum Gasteiger partial charge on any atom is -0.297 e. The maximum absolute atomic E-state index is 12.4. The van der Waals surface area contributed by atoms with E-state index in [-0.39, 0.29) is 17.0 Å². The number of nitro benzene ring substituents is 1. The molecule has 0 aliphatic heterocycles. The lowest BCUT2D eigenvalue weighted by atomic mass is 10.0. The number of benzene rings is 2. The zero-order valence-corrected chi connectivity index (χ0v) is 15.9. The van der Waals surface area contributed by atoms with Crippen LogP contribution in [0.1, 0.15) is 12.5 Å². The van der Waals surface area contributed by atoms with Crippen LogP contribution in [0.3, 0.4) is 0 Å². The molecule has 1 atom stereocenters. The van der Waals surface area contributed by atoms with E-state index < -0.39 is 38.1 Å². The summed E-state index contributed by atoms with van der Waals surface area (Å²) < 4.78 is 23.1. The van der Waals surface area contributed by atoms with Crippen LogP contribution >= 0.6 is 0 Å². The smallest absolute Gasteiger partial charge is 0.297 e. The molecule has 0 saturated heterocycles. The number of Topliss-reactive ketones (excluding diaryl/α,β-unsaturated/α-hetero) is 2. The van der Waals surface area contributed by atoms with Crippen LogP contribution < -0.4 is 0 Å². The van der Waals surface area contributed by atoms with Crippen LogP contribution in [-0.4, -0.2) is 37.2 Å². The summed E-state index contributed by atoms with van der Waals surface area (Å²) in [5, 5.41) is 18.6.